The van der Waals surface area contributed by atoms with Crippen molar-refractivity contribution in [2.75, 3.05) is 34.7 Å². The molecule has 9 nitrogen and oxygen atoms in total. The molecule has 1 unspecified atom stereocenters. The van der Waals surface area contributed by atoms with Crippen molar-refractivity contribution in [2.45, 2.75) is 44.2 Å². The molecule has 6 rings (SSSR count). The minimum absolute atomic E-state index is 0.132. The normalized spacial score (nSPS) is 31.1. The van der Waals surface area contributed by atoms with Crippen LogP contribution in [-0.2, 0) is 24.6 Å². The molecule has 0 radical (unpaired) electrons. The molecule has 3 heterocycles. The van der Waals surface area contributed by atoms with E-state index < -0.39 is 17.3 Å². The standard InChI is InChI=1S/C27H30O9/c1-13-27(36-26(2,3)35-13)16-10-19-18(33-12-34-19)9-15(16)22(23-17(27)11-32-25(23)28)14-7-20(29-4)24(31-6)21(8-14)30-5/h7-10,13,17,22-23H,11-12H2,1-6H3/t13-,17+,22-,23+,27?/m1/s1. The topological polar surface area (TPSA) is 90.9 Å². The van der Waals surface area contributed by atoms with Gasteiger partial charge < -0.3 is 37.9 Å². The van der Waals surface area contributed by atoms with Crippen molar-refractivity contribution in [1.29, 1.82) is 0 Å². The summed E-state index contributed by atoms with van der Waals surface area (Å²) in [6.45, 7) is 6.13. The van der Waals surface area contributed by atoms with Crippen LogP contribution in [0.3, 0.4) is 0 Å². The SMILES string of the molecule is COc1cc([C@@H]2c3cc4c(cc3C3(OC(C)(C)O[C@@H]3C)[C@H]3COC(=O)[C@H]23)OCO4)cc(OC)c1OC. The summed E-state index contributed by atoms with van der Waals surface area (Å²) in [6, 6.07) is 7.71. The summed E-state index contributed by atoms with van der Waals surface area (Å²) < 4.78 is 47.1. The maximum Gasteiger partial charge on any atom is 0.310 e. The number of rotatable bonds is 4. The third-order valence-corrected chi connectivity index (χ3v) is 7.85. The minimum atomic E-state index is -0.909. The van der Waals surface area contributed by atoms with E-state index in [1.54, 1.807) is 21.3 Å². The molecule has 2 fully saturated rings. The maximum absolute atomic E-state index is 13.4. The van der Waals surface area contributed by atoms with E-state index >= 15 is 0 Å². The second-order valence-electron chi connectivity index (χ2n) is 10.0. The van der Waals surface area contributed by atoms with Crippen LogP contribution in [0.15, 0.2) is 24.3 Å². The molecular weight excluding hydrogens is 468 g/mol. The third kappa shape index (κ3) is 3.05. The molecule has 0 bridgehead atoms. The molecular formula is C27H30O9. The van der Waals surface area contributed by atoms with E-state index in [0.717, 1.165) is 16.7 Å². The third-order valence-electron chi connectivity index (χ3n) is 7.85. The number of fused-ring (bicyclic) bond motifs is 5. The fourth-order valence-corrected chi connectivity index (χ4v) is 6.59. The van der Waals surface area contributed by atoms with Crippen LogP contribution in [-0.4, -0.2) is 52.6 Å². The Morgan fingerprint density at radius 1 is 0.917 bits per heavy atom. The summed E-state index contributed by atoms with van der Waals surface area (Å²) in [4.78, 5) is 13.4. The van der Waals surface area contributed by atoms with Crippen molar-refractivity contribution < 1.29 is 42.7 Å². The van der Waals surface area contributed by atoms with E-state index in [-0.39, 0.29) is 37.3 Å². The molecule has 2 aromatic rings. The smallest absolute Gasteiger partial charge is 0.310 e. The molecule has 36 heavy (non-hydrogen) atoms. The highest BCUT2D eigenvalue weighted by Crippen LogP contribution is 2.62. The van der Waals surface area contributed by atoms with Gasteiger partial charge in [-0.1, -0.05) is 0 Å². The monoisotopic (exact) mass is 498 g/mol. The van der Waals surface area contributed by atoms with Crippen molar-refractivity contribution >= 4 is 5.97 Å². The Morgan fingerprint density at radius 3 is 2.17 bits per heavy atom. The lowest BCUT2D eigenvalue weighted by Crippen LogP contribution is -2.52. The Hall–Kier alpha value is -3.17. The summed E-state index contributed by atoms with van der Waals surface area (Å²) in [6.07, 6.45) is -0.338. The van der Waals surface area contributed by atoms with E-state index in [2.05, 4.69) is 0 Å². The van der Waals surface area contributed by atoms with Crippen LogP contribution >= 0.6 is 0 Å². The second kappa shape index (κ2) is 7.91. The summed E-state index contributed by atoms with van der Waals surface area (Å²) in [5.74, 6) is 0.436. The number of esters is 1. The number of ether oxygens (including phenoxy) is 8. The van der Waals surface area contributed by atoms with Gasteiger partial charge in [0.15, 0.2) is 28.8 Å². The quantitative estimate of drug-likeness (QED) is 0.585. The molecule has 192 valence electrons. The molecule has 0 aromatic heterocycles. The Kier molecular flexibility index (Phi) is 5.11. The predicted molar refractivity (Wildman–Crippen MR) is 126 cm³/mol. The first kappa shape index (κ1) is 23.2. The van der Waals surface area contributed by atoms with Gasteiger partial charge in [0, 0.05) is 11.8 Å². The number of hydrogen-bond donors (Lipinski definition) is 0. The molecule has 1 aliphatic carbocycles. The summed E-state index contributed by atoms with van der Waals surface area (Å²) in [5.41, 5.74) is 1.72. The molecule has 2 aromatic carbocycles. The number of carbonyl (C=O) groups excluding carboxylic acids is 1. The zero-order valence-corrected chi connectivity index (χ0v) is 21.2. The Morgan fingerprint density at radius 2 is 1.58 bits per heavy atom. The van der Waals surface area contributed by atoms with Gasteiger partial charge in [0.05, 0.1) is 40.0 Å². The number of cyclic esters (lactones) is 1. The second-order valence-corrected chi connectivity index (χ2v) is 10.0. The van der Waals surface area contributed by atoms with Crippen molar-refractivity contribution in [3.8, 4) is 28.7 Å². The molecule has 0 amide bonds. The lowest BCUT2D eigenvalue weighted by atomic mass is 9.59. The summed E-state index contributed by atoms with van der Waals surface area (Å²) >= 11 is 0. The molecule has 3 aliphatic heterocycles. The molecule has 5 atom stereocenters. The largest absolute Gasteiger partial charge is 0.493 e. The number of carbonyl (C=O) groups is 1. The van der Waals surface area contributed by atoms with Crippen LogP contribution in [0.4, 0.5) is 0 Å². The maximum atomic E-state index is 13.4. The molecule has 1 spiro atoms. The van der Waals surface area contributed by atoms with Crippen molar-refractivity contribution in [3.63, 3.8) is 0 Å². The van der Waals surface area contributed by atoms with Gasteiger partial charge in [0.25, 0.3) is 0 Å². The highest BCUT2D eigenvalue weighted by atomic mass is 16.8. The van der Waals surface area contributed by atoms with Crippen LogP contribution in [0.1, 0.15) is 43.4 Å². The van der Waals surface area contributed by atoms with E-state index in [0.29, 0.717) is 28.7 Å². The van der Waals surface area contributed by atoms with E-state index in [1.165, 1.54) is 0 Å². The number of methoxy groups -OCH3 is 3. The predicted octanol–water partition coefficient (Wildman–Crippen LogP) is 3.74. The average Bonchev–Trinajstić information content (AvgIpc) is 3.53. The number of benzene rings is 2. The zero-order valence-electron chi connectivity index (χ0n) is 21.2. The van der Waals surface area contributed by atoms with Crippen LogP contribution in [0.2, 0.25) is 0 Å². The molecule has 9 heteroatoms. The molecule has 0 N–H and O–H groups in total. The van der Waals surface area contributed by atoms with Gasteiger partial charge >= 0.3 is 5.97 Å². The summed E-state index contributed by atoms with van der Waals surface area (Å²) in [5, 5.41) is 0. The van der Waals surface area contributed by atoms with Gasteiger partial charge in [-0.25, -0.2) is 0 Å². The fourth-order valence-electron chi connectivity index (χ4n) is 6.59. The minimum Gasteiger partial charge on any atom is -0.493 e. The zero-order chi connectivity index (χ0) is 25.4. The lowest BCUT2D eigenvalue weighted by molar-refractivity contribution is -0.182. The first-order valence-electron chi connectivity index (χ1n) is 12.0. The van der Waals surface area contributed by atoms with Gasteiger partial charge in [-0.3, -0.25) is 4.79 Å². The lowest BCUT2D eigenvalue weighted by Gasteiger charge is -2.47. The van der Waals surface area contributed by atoms with Crippen molar-refractivity contribution in [1.82, 2.24) is 0 Å². The Balaban J connectivity index is 1.64. The van der Waals surface area contributed by atoms with E-state index in [9.17, 15) is 4.79 Å². The Bertz CT molecular complexity index is 1210. The van der Waals surface area contributed by atoms with Crippen molar-refractivity contribution in [3.05, 3.63) is 41.0 Å². The van der Waals surface area contributed by atoms with E-state index in [4.69, 9.17) is 37.9 Å². The van der Waals surface area contributed by atoms with Gasteiger partial charge in [-0.2, -0.15) is 0 Å². The highest BCUT2D eigenvalue weighted by molar-refractivity contribution is 5.79. The molecule has 4 aliphatic rings. The number of hydrogen-bond acceptors (Lipinski definition) is 9. The van der Waals surface area contributed by atoms with Crippen LogP contribution < -0.4 is 23.7 Å². The van der Waals surface area contributed by atoms with Gasteiger partial charge in [-0.05, 0) is 61.7 Å². The Labute approximate surface area is 209 Å². The summed E-state index contributed by atoms with van der Waals surface area (Å²) in [7, 11) is 4.71. The molecule has 2 saturated heterocycles. The first-order valence-corrected chi connectivity index (χ1v) is 12.0. The fraction of sp³-hybridized carbons (Fsp3) is 0.519. The van der Waals surface area contributed by atoms with Crippen LogP contribution in [0, 0.1) is 11.8 Å². The molecule has 0 saturated carbocycles. The van der Waals surface area contributed by atoms with Gasteiger partial charge in [0.2, 0.25) is 12.5 Å². The van der Waals surface area contributed by atoms with Gasteiger partial charge in [-0.15, -0.1) is 0 Å². The highest BCUT2D eigenvalue weighted by Gasteiger charge is 2.67. The van der Waals surface area contributed by atoms with Crippen LogP contribution in [0.5, 0.6) is 28.7 Å². The van der Waals surface area contributed by atoms with Crippen molar-refractivity contribution in [2.24, 2.45) is 11.8 Å². The first-order chi connectivity index (χ1) is 17.2. The average molecular weight is 499 g/mol. The van der Waals surface area contributed by atoms with E-state index in [1.807, 2.05) is 45.0 Å². The van der Waals surface area contributed by atoms with Crippen LogP contribution in [0.25, 0.3) is 0 Å². The van der Waals surface area contributed by atoms with Gasteiger partial charge in [0.1, 0.15) is 5.60 Å².